The second-order valence-corrected chi connectivity index (χ2v) is 13.7. The Labute approximate surface area is 340 Å². The molecule has 6 nitrogen and oxygen atoms in total. The van der Waals surface area contributed by atoms with Gasteiger partial charge in [-0.3, -0.25) is 4.57 Å². The van der Waals surface area contributed by atoms with Crippen LogP contribution in [0.15, 0.2) is 192 Å². The van der Waals surface area contributed by atoms with Gasteiger partial charge in [-0.1, -0.05) is 157 Å². The van der Waals surface area contributed by atoms with Crippen molar-refractivity contribution in [3.63, 3.8) is 0 Å². The van der Waals surface area contributed by atoms with Crippen molar-refractivity contribution in [3.8, 4) is 45.5 Å². The maximum absolute atomic E-state index is 8.96. The van der Waals surface area contributed by atoms with E-state index in [0.717, 1.165) is 71.3 Å². The number of hydrogen-bond donors (Lipinski definition) is 0. The smallest absolute Gasteiger partial charge is 0.238 e. The molecular weight excluding hydrogens is 699 g/mol. The maximum atomic E-state index is 8.96. The zero-order valence-corrected chi connectivity index (χ0v) is 29.8. The van der Waals surface area contributed by atoms with Crippen molar-refractivity contribution in [1.29, 1.82) is 0 Å². The maximum Gasteiger partial charge on any atom is 0.238 e. The normalized spacial score (nSPS) is 14.3. The van der Waals surface area contributed by atoms with Crippen LogP contribution in [-0.2, 0) is 0 Å². The van der Waals surface area contributed by atoms with E-state index >= 15 is 0 Å². The van der Waals surface area contributed by atoms with E-state index in [2.05, 4.69) is 52.0 Å². The molecule has 8 aromatic carbocycles. The quantitative estimate of drug-likeness (QED) is 0.176. The van der Waals surface area contributed by atoms with Crippen LogP contribution in [0.1, 0.15) is 13.7 Å². The van der Waals surface area contributed by atoms with Gasteiger partial charge < -0.3 is 8.98 Å². The molecule has 0 saturated heterocycles. The second-order valence-electron chi connectivity index (χ2n) is 13.7. The van der Waals surface area contributed by atoms with E-state index < -0.39 is 60.4 Å². The Hall–Kier alpha value is -7.83. The predicted octanol–water partition coefficient (Wildman–Crippen LogP) is 13.0. The molecule has 0 spiro atoms. The Morgan fingerprint density at radius 1 is 0.439 bits per heavy atom. The molecule has 6 heteroatoms. The first-order chi connectivity index (χ1) is 32.4. The van der Waals surface area contributed by atoms with E-state index in [9.17, 15) is 0 Å². The zero-order valence-electron chi connectivity index (χ0n) is 39.8. The van der Waals surface area contributed by atoms with Crippen molar-refractivity contribution in [2.24, 2.45) is 0 Å². The van der Waals surface area contributed by atoms with Crippen molar-refractivity contribution in [1.82, 2.24) is 24.1 Å². The van der Waals surface area contributed by atoms with Gasteiger partial charge in [-0.15, -0.1) is 0 Å². The fraction of sp³-hybridized carbons (Fsp3) is 0. The van der Waals surface area contributed by atoms with E-state index in [0.29, 0.717) is 11.0 Å². The molecular formula is C51H31N5O. The lowest BCUT2D eigenvalue weighted by molar-refractivity contribution is 0.670. The second kappa shape index (κ2) is 12.3. The van der Waals surface area contributed by atoms with Crippen molar-refractivity contribution in [3.05, 3.63) is 188 Å². The molecule has 0 saturated carbocycles. The lowest BCUT2D eigenvalue weighted by Crippen LogP contribution is -2.07. The van der Waals surface area contributed by atoms with E-state index in [-0.39, 0.29) is 28.7 Å². The molecule has 4 aromatic heterocycles. The lowest BCUT2D eigenvalue weighted by atomic mass is 10.0. The predicted molar refractivity (Wildman–Crippen MR) is 232 cm³/mol. The standard InChI is InChI=1S/C51H31N5O/c1-4-16-32(17-5-1)41-30-35(31-42-38-24-12-15-27-45(38)57-48(41)42)55-43-25-13-10-22-36(43)39-28-29-40-37-23-11-14-26-44(37)56(47(40)46(39)55)51-53-49(33-18-6-2-7-19-33)52-50(54-51)34-20-8-3-9-21-34/h1-31H/i2D,3D,6D,7D,8D,9D,18D,19D,20D,21D. The summed E-state index contributed by atoms with van der Waals surface area (Å²) in [6, 6.07) is 36.0. The van der Waals surface area contributed by atoms with Crippen LogP contribution in [0.3, 0.4) is 0 Å². The first kappa shape index (κ1) is 23.2. The average Bonchev–Trinajstić information content (AvgIpc) is 4.02. The largest absolute Gasteiger partial charge is 0.455 e. The molecule has 0 fully saturated rings. The number of nitrogens with zero attached hydrogens (tertiary/aromatic N) is 5. The molecule has 266 valence electrons. The highest BCUT2D eigenvalue weighted by Crippen LogP contribution is 2.44. The van der Waals surface area contributed by atoms with Crippen molar-refractivity contribution in [2.75, 3.05) is 0 Å². The number of rotatable bonds is 5. The van der Waals surface area contributed by atoms with Crippen LogP contribution < -0.4 is 0 Å². The van der Waals surface area contributed by atoms with Crippen LogP contribution in [0.25, 0.3) is 111 Å². The summed E-state index contributed by atoms with van der Waals surface area (Å²) in [5, 5.41) is 5.31. The summed E-state index contributed by atoms with van der Waals surface area (Å²) in [6.07, 6.45) is 0. The molecule has 0 aliphatic carbocycles. The first-order valence-corrected chi connectivity index (χ1v) is 18.3. The van der Waals surface area contributed by atoms with Gasteiger partial charge in [0.1, 0.15) is 11.2 Å². The fourth-order valence-corrected chi connectivity index (χ4v) is 8.16. The molecule has 0 amide bonds. The Balaban J connectivity index is 1.27. The molecule has 0 aliphatic rings. The number of furan rings is 1. The monoisotopic (exact) mass is 739 g/mol. The molecule has 0 unspecified atom stereocenters. The van der Waals surface area contributed by atoms with Gasteiger partial charge in [-0.05, 0) is 35.9 Å². The van der Waals surface area contributed by atoms with Crippen LogP contribution in [0.2, 0.25) is 0 Å². The molecule has 0 atom stereocenters. The third-order valence-corrected chi connectivity index (χ3v) is 10.5. The highest BCUT2D eigenvalue weighted by molar-refractivity contribution is 6.24. The number of hydrogen-bond acceptors (Lipinski definition) is 4. The van der Waals surface area contributed by atoms with Gasteiger partial charge in [0, 0.05) is 54.7 Å². The number of benzene rings is 8. The highest BCUT2D eigenvalue weighted by atomic mass is 16.3. The summed E-state index contributed by atoms with van der Waals surface area (Å²) in [7, 11) is 0. The molecule has 12 rings (SSSR count). The third-order valence-electron chi connectivity index (χ3n) is 10.5. The summed E-state index contributed by atoms with van der Waals surface area (Å²) in [5.74, 6) is -0.796. The fourth-order valence-electron chi connectivity index (χ4n) is 8.16. The summed E-state index contributed by atoms with van der Waals surface area (Å²) in [6.45, 7) is 0. The van der Waals surface area contributed by atoms with E-state index in [1.54, 1.807) is 0 Å². The van der Waals surface area contributed by atoms with Crippen molar-refractivity contribution in [2.45, 2.75) is 0 Å². The molecule has 0 aliphatic heterocycles. The van der Waals surface area contributed by atoms with Crippen LogP contribution in [-0.4, -0.2) is 24.1 Å². The summed E-state index contributed by atoms with van der Waals surface area (Å²) >= 11 is 0. The van der Waals surface area contributed by atoms with Gasteiger partial charge in [0.25, 0.3) is 0 Å². The SMILES string of the molecule is [2H]c1c([2H])c([2H])c(-c2nc(-c3c([2H])c([2H])c([2H])c([2H])c3[2H])nc(-n3c4ccccc4c4ccc5c6ccccc6n(-c6cc(-c7ccccc7)c7oc8ccccc8c7c6)c5c43)n2)c([2H])c1[2H]. The molecule has 12 aromatic rings. The molecule has 57 heavy (non-hydrogen) atoms. The van der Waals surface area contributed by atoms with Gasteiger partial charge in [-0.25, -0.2) is 4.98 Å². The Bertz CT molecular complexity index is 3980. The Morgan fingerprint density at radius 2 is 0.982 bits per heavy atom. The number of aromatic nitrogens is 5. The minimum absolute atomic E-state index is 0.0876. The van der Waals surface area contributed by atoms with Crippen LogP contribution in [0.4, 0.5) is 0 Å². The Morgan fingerprint density at radius 3 is 1.63 bits per heavy atom. The van der Waals surface area contributed by atoms with Crippen molar-refractivity contribution >= 4 is 65.6 Å². The van der Waals surface area contributed by atoms with Crippen LogP contribution >= 0.6 is 0 Å². The van der Waals surface area contributed by atoms with Gasteiger partial charge in [0.2, 0.25) is 5.95 Å². The van der Waals surface area contributed by atoms with E-state index in [1.165, 1.54) is 0 Å². The van der Waals surface area contributed by atoms with Crippen LogP contribution in [0.5, 0.6) is 0 Å². The number of para-hydroxylation sites is 3. The zero-order chi connectivity index (χ0) is 46.2. The summed E-state index contributed by atoms with van der Waals surface area (Å²) in [4.78, 5) is 14.4. The number of fused-ring (bicyclic) bond motifs is 10. The van der Waals surface area contributed by atoms with Gasteiger partial charge in [0.15, 0.2) is 11.6 Å². The minimum Gasteiger partial charge on any atom is -0.455 e. The highest BCUT2D eigenvalue weighted by Gasteiger charge is 2.24. The average molecular weight is 740 g/mol. The molecule has 0 radical (unpaired) electrons. The summed E-state index contributed by atoms with van der Waals surface area (Å²) in [5.41, 5.74) is 6.37. The lowest BCUT2D eigenvalue weighted by Gasteiger charge is -2.14. The van der Waals surface area contributed by atoms with E-state index in [1.807, 2.05) is 89.5 Å². The third kappa shape index (κ3) is 4.81. The minimum atomic E-state index is -0.623. The molecule has 0 bridgehead atoms. The first-order valence-electron chi connectivity index (χ1n) is 23.3. The topological polar surface area (TPSA) is 61.7 Å². The molecule has 4 heterocycles. The van der Waals surface area contributed by atoms with Crippen LogP contribution in [0, 0.1) is 0 Å². The van der Waals surface area contributed by atoms with Gasteiger partial charge in [0.05, 0.1) is 35.8 Å². The Kier molecular flexibility index (Phi) is 5.02. The molecule has 0 N–H and O–H groups in total. The summed E-state index contributed by atoms with van der Waals surface area (Å²) < 4.78 is 97.2. The van der Waals surface area contributed by atoms with Gasteiger partial charge in [-0.2, -0.15) is 9.97 Å². The van der Waals surface area contributed by atoms with Crippen molar-refractivity contribution < 1.29 is 18.1 Å². The van der Waals surface area contributed by atoms with Gasteiger partial charge >= 0.3 is 0 Å². The van der Waals surface area contributed by atoms with E-state index in [4.69, 9.17) is 28.1 Å².